The smallest absolute Gasteiger partial charge is 0.261 e. The number of thiophene rings is 1. The molecular formula is C11H17NOS. The first-order chi connectivity index (χ1) is 6.65. The number of hydrogen-bond donors (Lipinski definition) is 1. The molecule has 0 radical (unpaired) electrons. The normalized spacial score (nSPS) is 12.9. The molecule has 1 aromatic heterocycles. The van der Waals surface area contributed by atoms with Gasteiger partial charge in [0.15, 0.2) is 0 Å². The molecule has 0 aromatic carbocycles. The number of hydrogen-bond acceptors (Lipinski definition) is 2. The third-order valence-electron chi connectivity index (χ3n) is 2.31. The summed E-state index contributed by atoms with van der Waals surface area (Å²) in [5.74, 6) is 0.546. The third kappa shape index (κ3) is 2.84. The molecule has 0 bridgehead atoms. The van der Waals surface area contributed by atoms with Crippen molar-refractivity contribution in [1.29, 1.82) is 0 Å². The van der Waals surface area contributed by atoms with Crippen molar-refractivity contribution in [1.82, 2.24) is 5.32 Å². The highest BCUT2D eigenvalue weighted by Crippen LogP contribution is 2.11. The van der Waals surface area contributed by atoms with Crippen LogP contribution in [0.4, 0.5) is 0 Å². The third-order valence-corrected chi connectivity index (χ3v) is 3.17. The zero-order valence-electron chi connectivity index (χ0n) is 8.91. The molecule has 1 rings (SSSR count). The van der Waals surface area contributed by atoms with Crippen LogP contribution in [0.25, 0.3) is 0 Å². The van der Waals surface area contributed by atoms with E-state index < -0.39 is 0 Å². The predicted octanol–water partition coefficient (Wildman–Crippen LogP) is 2.91. The van der Waals surface area contributed by atoms with E-state index in [2.05, 4.69) is 26.1 Å². The number of nitrogens with one attached hydrogen (secondary N) is 1. The Kier molecular flexibility index (Phi) is 4.14. The first-order valence-corrected chi connectivity index (χ1v) is 5.87. The van der Waals surface area contributed by atoms with Crippen LogP contribution in [0.2, 0.25) is 0 Å². The first kappa shape index (κ1) is 11.2. The summed E-state index contributed by atoms with van der Waals surface area (Å²) in [5, 5.41) is 4.96. The first-order valence-electron chi connectivity index (χ1n) is 4.99. The second-order valence-corrected chi connectivity index (χ2v) is 4.66. The Hall–Kier alpha value is -0.830. The van der Waals surface area contributed by atoms with Crippen molar-refractivity contribution in [3.63, 3.8) is 0 Å². The quantitative estimate of drug-likeness (QED) is 0.815. The molecule has 1 N–H and O–H groups in total. The van der Waals surface area contributed by atoms with E-state index >= 15 is 0 Å². The highest BCUT2D eigenvalue weighted by atomic mass is 32.1. The van der Waals surface area contributed by atoms with E-state index in [9.17, 15) is 4.79 Å². The van der Waals surface area contributed by atoms with Crippen LogP contribution in [0.3, 0.4) is 0 Å². The molecule has 1 atom stereocenters. The van der Waals surface area contributed by atoms with Gasteiger partial charge in [0.25, 0.3) is 5.91 Å². The summed E-state index contributed by atoms with van der Waals surface area (Å²) in [6, 6.07) is 4.03. The lowest BCUT2D eigenvalue weighted by atomic mass is 10.0. The summed E-state index contributed by atoms with van der Waals surface area (Å²) in [7, 11) is 0. The number of amides is 1. The average molecular weight is 211 g/mol. The molecule has 0 fully saturated rings. The second kappa shape index (κ2) is 5.15. The molecule has 0 saturated heterocycles. The second-order valence-electron chi connectivity index (χ2n) is 3.71. The fourth-order valence-electron chi connectivity index (χ4n) is 1.39. The molecule has 1 heterocycles. The van der Waals surface area contributed by atoms with Crippen molar-refractivity contribution in [2.24, 2.45) is 5.92 Å². The lowest BCUT2D eigenvalue weighted by Gasteiger charge is -2.20. The minimum atomic E-state index is 0.0561. The summed E-state index contributed by atoms with van der Waals surface area (Å²) in [6.45, 7) is 6.35. The van der Waals surface area contributed by atoms with Crippen LogP contribution in [0, 0.1) is 5.92 Å². The van der Waals surface area contributed by atoms with Crippen molar-refractivity contribution < 1.29 is 4.79 Å². The largest absolute Gasteiger partial charge is 0.348 e. The van der Waals surface area contributed by atoms with Gasteiger partial charge >= 0.3 is 0 Å². The summed E-state index contributed by atoms with van der Waals surface area (Å²) < 4.78 is 0. The fraction of sp³-hybridized carbons (Fsp3) is 0.545. The monoisotopic (exact) mass is 211 g/mol. The topological polar surface area (TPSA) is 29.1 Å². The molecule has 0 aliphatic heterocycles. The maximum Gasteiger partial charge on any atom is 0.261 e. The molecule has 0 aliphatic rings. The zero-order valence-corrected chi connectivity index (χ0v) is 9.73. The van der Waals surface area contributed by atoms with Gasteiger partial charge in [0, 0.05) is 6.04 Å². The van der Waals surface area contributed by atoms with Crippen LogP contribution in [-0.4, -0.2) is 11.9 Å². The highest BCUT2D eigenvalue weighted by molar-refractivity contribution is 7.12. The standard InChI is InChI=1S/C11H17NOS/c1-4-9(8(2)3)12-11(13)10-6-5-7-14-10/h5-9H,4H2,1-3H3,(H,12,13)/t9-/m1/s1. The summed E-state index contributed by atoms with van der Waals surface area (Å²) >= 11 is 1.48. The Morgan fingerprint density at radius 3 is 2.71 bits per heavy atom. The molecule has 2 nitrogen and oxygen atoms in total. The van der Waals surface area contributed by atoms with Gasteiger partial charge in [-0.2, -0.15) is 0 Å². The van der Waals surface area contributed by atoms with Crippen molar-refractivity contribution in [2.75, 3.05) is 0 Å². The summed E-state index contributed by atoms with van der Waals surface area (Å²) in [6.07, 6.45) is 0.981. The number of carbonyl (C=O) groups is 1. The van der Waals surface area contributed by atoms with E-state index in [0.717, 1.165) is 11.3 Å². The Labute approximate surface area is 89.3 Å². The predicted molar refractivity (Wildman–Crippen MR) is 60.7 cm³/mol. The molecule has 0 spiro atoms. The lowest BCUT2D eigenvalue weighted by molar-refractivity contribution is 0.0929. The van der Waals surface area contributed by atoms with Crippen LogP contribution < -0.4 is 5.32 Å². The van der Waals surface area contributed by atoms with Gasteiger partial charge in [-0.25, -0.2) is 0 Å². The van der Waals surface area contributed by atoms with Crippen LogP contribution in [0.1, 0.15) is 36.9 Å². The van der Waals surface area contributed by atoms with E-state index in [1.54, 1.807) is 0 Å². The van der Waals surface area contributed by atoms with E-state index in [4.69, 9.17) is 0 Å². The molecule has 0 unspecified atom stereocenters. The minimum Gasteiger partial charge on any atom is -0.348 e. The lowest BCUT2D eigenvalue weighted by Crippen LogP contribution is -2.37. The Morgan fingerprint density at radius 2 is 2.29 bits per heavy atom. The van der Waals surface area contributed by atoms with Gasteiger partial charge < -0.3 is 5.32 Å². The highest BCUT2D eigenvalue weighted by Gasteiger charge is 2.15. The van der Waals surface area contributed by atoms with Gasteiger partial charge in [-0.15, -0.1) is 11.3 Å². The van der Waals surface area contributed by atoms with Gasteiger partial charge in [-0.05, 0) is 23.8 Å². The maximum absolute atomic E-state index is 11.7. The molecule has 0 aliphatic carbocycles. The Bertz CT molecular complexity index is 279. The van der Waals surface area contributed by atoms with Crippen molar-refractivity contribution in [3.05, 3.63) is 22.4 Å². The zero-order chi connectivity index (χ0) is 10.6. The van der Waals surface area contributed by atoms with Crippen LogP contribution in [0.5, 0.6) is 0 Å². The van der Waals surface area contributed by atoms with Gasteiger partial charge in [-0.3, -0.25) is 4.79 Å². The van der Waals surface area contributed by atoms with Crippen LogP contribution >= 0.6 is 11.3 Å². The van der Waals surface area contributed by atoms with Gasteiger partial charge in [0.1, 0.15) is 0 Å². The molecule has 1 aromatic rings. The van der Waals surface area contributed by atoms with Gasteiger partial charge in [0.05, 0.1) is 4.88 Å². The average Bonchev–Trinajstić information content (AvgIpc) is 2.65. The minimum absolute atomic E-state index is 0.0561. The number of rotatable bonds is 4. The Balaban J connectivity index is 2.56. The summed E-state index contributed by atoms with van der Waals surface area (Å²) in [4.78, 5) is 12.5. The van der Waals surface area contributed by atoms with Gasteiger partial charge in [0.2, 0.25) is 0 Å². The van der Waals surface area contributed by atoms with Gasteiger partial charge in [-0.1, -0.05) is 26.8 Å². The van der Waals surface area contributed by atoms with Crippen molar-refractivity contribution in [2.45, 2.75) is 33.2 Å². The summed E-state index contributed by atoms with van der Waals surface area (Å²) in [5.41, 5.74) is 0. The molecular weight excluding hydrogens is 194 g/mol. The molecule has 0 saturated carbocycles. The van der Waals surface area contributed by atoms with Crippen LogP contribution in [-0.2, 0) is 0 Å². The van der Waals surface area contributed by atoms with E-state index in [1.807, 2.05) is 17.5 Å². The molecule has 14 heavy (non-hydrogen) atoms. The van der Waals surface area contributed by atoms with E-state index in [1.165, 1.54) is 11.3 Å². The van der Waals surface area contributed by atoms with Crippen LogP contribution in [0.15, 0.2) is 17.5 Å². The SMILES string of the molecule is CC[C@@H](NC(=O)c1cccs1)C(C)C. The van der Waals surface area contributed by atoms with E-state index in [0.29, 0.717) is 5.92 Å². The van der Waals surface area contributed by atoms with Crippen molar-refractivity contribution in [3.8, 4) is 0 Å². The van der Waals surface area contributed by atoms with Crippen molar-refractivity contribution >= 4 is 17.2 Å². The fourth-order valence-corrected chi connectivity index (χ4v) is 2.01. The maximum atomic E-state index is 11.7. The number of carbonyl (C=O) groups excluding carboxylic acids is 1. The molecule has 78 valence electrons. The molecule has 1 amide bonds. The Morgan fingerprint density at radius 1 is 1.57 bits per heavy atom. The van der Waals surface area contributed by atoms with E-state index in [-0.39, 0.29) is 11.9 Å². The molecule has 3 heteroatoms.